The molecule has 1 fully saturated rings. The Morgan fingerprint density at radius 3 is 2.73 bits per heavy atom. The standard InChI is InChI=1S/C12H12O3/c1-2-10-7-13-8-11(10)5-9(1)6-12-14-3-4-15-12/h1-2,5,7-8,12H,3-4,6H2. The highest BCUT2D eigenvalue weighted by molar-refractivity contribution is 5.81. The van der Waals surface area contributed by atoms with Gasteiger partial charge in [-0.3, -0.25) is 0 Å². The highest BCUT2D eigenvalue weighted by Crippen LogP contribution is 2.19. The molecular weight excluding hydrogens is 192 g/mol. The monoisotopic (exact) mass is 204 g/mol. The highest BCUT2D eigenvalue weighted by atomic mass is 16.7. The van der Waals surface area contributed by atoms with Gasteiger partial charge in [-0.15, -0.1) is 0 Å². The molecule has 0 unspecified atom stereocenters. The summed E-state index contributed by atoms with van der Waals surface area (Å²) in [6.07, 6.45) is 4.24. The molecule has 0 N–H and O–H groups in total. The van der Waals surface area contributed by atoms with Crippen molar-refractivity contribution in [2.75, 3.05) is 13.2 Å². The van der Waals surface area contributed by atoms with Gasteiger partial charge in [0.1, 0.15) is 0 Å². The number of ether oxygens (including phenoxy) is 2. The van der Waals surface area contributed by atoms with E-state index in [9.17, 15) is 0 Å². The van der Waals surface area contributed by atoms with Gasteiger partial charge in [0, 0.05) is 17.2 Å². The third-order valence-electron chi connectivity index (χ3n) is 2.63. The lowest BCUT2D eigenvalue weighted by molar-refractivity contribution is -0.0399. The summed E-state index contributed by atoms with van der Waals surface area (Å²) in [5.74, 6) is 0. The molecular formula is C12H12O3. The first-order valence-corrected chi connectivity index (χ1v) is 5.10. The summed E-state index contributed by atoms with van der Waals surface area (Å²) in [4.78, 5) is 0. The van der Waals surface area contributed by atoms with E-state index in [2.05, 4.69) is 18.2 Å². The largest absolute Gasteiger partial charge is 0.471 e. The van der Waals surface area contributed by atoms with Crippen molar-refractivity contribution in [3.05, 3.63) is 36.3 Å². The van der Waals surface area contributed by atoms with Crippen molar-refractivity contribution < 1.29 is 13.9 Å². The molecule has 3 rings (SSSR count). The Hall–Kier alpha value is -1.32. The van der Waals surface area contributed by atoms with Gasteiger partial charge in [0.2, 0.25) is 0 Å². The Bertz CT molecular complexity index is 455. The van der Waals surface area contributed by atoms with Crippen molar-refractivity contribution in [3.63, 3.8) is 0 Å². The average Bonchev–Trinajstić information content (AvgIpc) is 2.87. The number of hydrogen-bond acceptors (Lipinski definition) is 3. The van der Waals surface area contributed by atoms with Crippen molar-refractivity contribution in [2.24, 2.45) is 0 Å². The van der Waals surface area contributed by atoms with Crippen LogP contribution < -0.4 is 0 Å². The molecule has 1 aliphatic rings. The van der Waals surface area contributed by atoms with Gasteiger partial charge in [-0.1, -0.05) is 12.1 Å². The summed E-state index contributed by atoms with van der Waals surface area (Å²) in [5, 5.41) is 2.26. The Balaban J connectivity index is 1.84. The number of furan rings is 1. The third-order valence-corrected chi connectivity index (χ3v) is 2.63. The first-order chi connectivity index (χ1) is 7.42. The van der Waals surface area contributed by atoms with Gasteiger partial charge in [-0.25, -0.2) is 0 Å². The van der Waals surface area contributed by atoms with E-state index >= 15 is 0 Å². The van der Waals surface area contributed by atoms with E-state index in [4.69, 9.17) is 13.9 Å². The highest BCUT2D eigenvalue weighted by Gasteiger charge is 2.16. The molecule has 1 aromatic carbocycles. The second kappa shape index (κ2) is 3.68. The minimum Gasteiger partial charge on any atom is -0.471 e. The molecule has 0 spiro atoms. The number of rotatable bonds is 2. The molecule has 1 saturated heterocycles. The van der Waals surface area contributed by atoms with E-state index in [1.807, 2.05) is 0 Å². The molecule has 2 heterocycles. The number of benzene rings is 1. The maximum Gasteiger partial charge on any atom is 0.161 e. The quantitative estimate of drug-likeness (QED) is 0.752. The van der Waals surface area contributed by atoms with Gasteiger partial charge in [-0.05, 0) is 11.6 Å². The number of hydrogen-bond donors (Lipinski definition) is 0. The summed E-state index contributed by atoms with van der Waals surface area (Å²) < 4.78 is 15.9. The van der Waals surface area contributed by atoms with Crippen LogP contribution in [-0.4, -0.2) is 19.5 Å². The molecule has 78 valence electrons. The van der Waals surface area contributed by atoms with Gasteiger partial charge in [0.05, 0.1) is 25.7 Å². The van der Waals surface area contributed by atoms with Crippen LogP contribution >= 0.6 is 0 Å². The maximum absolute atomic E-state index is 5.40. The van der Waals surface area contributed by atoms with Crippen molar-refractivity contribution in [2.45, 2.75) is 12.7 Å². The van der Waals surface area contributed by atoms with E-state index in [1.54, 1.807) is 12.5 Å². The molecule has 0 aliphatic carbocycles. The van der Waals surface area contributed by atoms with Crippen LogP contribution in [0.1, 0.15) is 5.56 Å². The minimum atomic E-state index is -0.0747. The zero-order valence-electron chi connectivity index (χ0n) is 8.31. The fourth-order valence-corrected chi connectivity index (χ4v) is 1.86. The van der Waals surface area contributed by atoms with Crippen LogP contribution in [-0.2, 0) is 15.9 Å². The third kappa shape index (κ3) is 1.76. The van der Waals surface area contributed by atoms with Crippen LogP contribution in [0, 0.1) is 0 Å². The van der Waals surface area contributed by atoms with Crippen LogP contribution in [0.25, 0.3) is 10.8 Å². The molecule has 15 heavy (non-hydrogen) atoms. The summed E-state index contributed by atoms with van der Waals surface area (Å²) in [5.41, 5.74) is 1.22. The molecule has 1 aliphatic heterocycles. The molecule has 0 atom stereocenters. The maximum atomic E-state index is 5.40. The second-order valence-electron chi connectivity index (χ2n) is 3.71. The van der Waals surface area contributed by atoms with Crippen molar-refractivity contribution in [3.8, 4) is 0 Å². The lowest BCUT2D eigenvalue weighted by atomic mass is 10.1. The normalized spacial score (nSPS) is 17.6. The fourth-order valence-electron chi connectivity index (χ4n) is 1.86. The van der Waals surface area contributed by atoms with Crippen LogP contribution in [0.4, 0.5) is 0 Å². The predicted molar refractivity (Wildman–Crippen MR) is 55.6 cm³/mol. The van der Waals surface area contributed by atoms with Crippen LogP contribution in [0.2, 0.25) is 0 Å². The smallest absolute Gasteiger partial charge is 0.161 e. The number of fused-ring (bicyclic) bond motifs is 1. The van der Waals surface area contributed by atoms with Crippen LogP contribution in [0.3, 0.4) is 0 Å². The second-order valence-corrected chi connectivity index (χ2v) is 3.71. The molecule has 0 radical (unpaired) electrons. The molecule has 3 nitrogen and oxygen atoms in total. The Labute approximate surface area is 87.6 Å². The lowest BCUT2D eigenvalue weighted by Crippen LogP contribution is -2.10. The van der Waals surface area contributed by atoms with Gasteiger partial charge in [0.25, 0.3) is 0 Å². The van der Waals surface area contributed by atoms with Crippen molar-refractivity contribution in [1.82, 2.24) is 0 Å². The molecule has 1 aromatic heterocycles. The summed E-state index contributed by atoms with van der Waals surface area (Å²) >= 11 is 0. The molecule has 2 aromatic rings. The SMILES string of the molecule is c1cc2cocc2cc1CC1OCCO1. The zero-order valence-corrected chi connectivity index (χ0v) is 8.31. The molecule has 0 bridgehead atoms. The van der Waals surface area contributed by atoms with Gasteiger partial charge in [0.15, 0.2) is 6.29 Å². The summed E-state index contributed by atoms with van der Waals surface area (Å²) in [6, 6.07) is 6.26. The zero-order chi connectivity index (χ0) is 10.1. The Kier molecular flexibility index (Phi) is 2.19. The predicted octanol–water partition coefficient (Wildman–Crippen LogP) is 2.35. The Morgan fingerprint density at radius 1 is 1.07 bits per heavy atom. The Morgan fingerprint density at radius 2 is 1.87 bits per heavy atom. The van der Waals surface area contributed by atoms with E-state index < -0.39 is 0 Å². The van der Waals surface area contributed by atoms with E-state index in [-0.39, 0.29) is 6.29 Å². The fraction of sp³-hybridized carbons (Fsp3) is 0.333. The minimum absolute atomic E-state index is 0.0747. The molecule has 3 heteroatoms. The molecule has 0 saturated carbocycles. The van der Waals surface area contributed by atoms with E-state index in [0.717, 1.165) is 17.2 Å². The van der Waals surface area contributed by atoms with Crippen molar-refractivity contribution >= 4 is 10.8 Å². The average molecular weight is 204 g/mol. The lowest BCUT2D eigenvalue weighted by Gasteiger charge is -2.08. The summed E-state index contributed by atoms with van der Waals surface area (Å²) in [6.45, 7) is 1.41. The van der Waals surface area contributed by atoms with Crippen molar-refractivity contribution in [1.29, 1.82) is 0 Å². The van der Waals surface area contributed by atoms with Crippen LogP contribution in [0.5, 0.6) is 0 Å². The first-order valence-electron chi connectivity index (χ1n) is 5.10. The van der Waals surface area contributed by atoms with E-state index in [1.165, 1.54) is 5.56 Å². The van der Waals surface area contributed by atoms with Crippen LogP contribution in [0.15, 0.2) is 35.1 Å². The molecule has 0 amide bonds. The van der Waals surface area contributed by atoms with E-state index in [0.29, 0.717) is 13.2 Å². The summed E-state index contributed by atoms with van der Waals surface area (Å²) in [7, 11) is 0. The van der Waals surface area contributed by atoms with Gasteiger partial charge < -0.3 is 13.9 Å². The topological polar surface area (TPSA) is 31.6 Å². The van der Waals surface area contributed by atoms with Gasteiger partial charge >= 0.3 is 0 Å². The van der Waals surface area contributed by atoms with Gasteiger partial charge in [-0.2, -0.15) is 0 Å². The first kappa shape index (κ1) is 8.95.